The number of rotatable bonds is 6. The van der Waals surface area contributed by atoms with Gasteiger partial charge in [0, 0.05) is 24.5 Å². The van der Waals surface area contributed by atoms with Crippen LogP contribution in [0.2, 0.25) is 0 Å². The van der Waals surface area contributed by atoms with Crippen molar-refractivity contribution in [1.29, 1.82) is 0 Å². The van der Waals surface area contributed by atoms with Crippen molar-refractivity contribution in [2.75, 3.05) is 19.6 Å². The molecule has 3 rings (SSSR count). The Morgan fingerprint density at radius 2 is 2.11 bits per heavy atom. The molecule has 2 aromatic rings. The molecule has 2 heterocycles. The minimum Gasteiger partial charge on any atom is -0.352 e. The van der Waals surface area contributed by atoms with E-state index in [9.17, 15) is 9.59 Å². The van der Waals surface area contributed by atoms with Gasteiger partial charge in [-0.25, -0.2) is 4.79 Å². The van der Waals surface area contributed by atoms with Crippen LogP contribution < -0.4 is 16.4 Å². The Balaban J connectivity index is 1.76. The van der Waals surface area contributed by atoms with Crippen LogP contribution >= 0.6 is 11.3 Å². The lowest BCUT2D eigenvalue weighted by atomic mass is 10.00. The molecule has 2 atom stereocenters. The Morgan fingerprint density at radius 3 is 2.74 bits per heavy atom. The smallest absolute Gasteiger partial charge is 0.312 e. The van der Waals surface area contributed by atoms with Crippen LogP contribution in [0.15, 0.2) is 41.8 Å². The molecule has 2 unspecified atom stereocenters. The molecule has 0 radical (unpaired) electrons. The van der Waals surface area contributed by atoms with Gasteiger partial charge in [-0.05, 0) is 29.0 Å². The van der Waals surface area contributed by atoms with Crippen molar-refractivity contribution < 1.29 is 9.59 Å². The summed E-state index contributed by atoms with van der Waals surface area (Å²) < 4.78 is 0. The quantitative estimate of drug-likeness (QED) is 0.713. The van der Waals surface area contributed by atoms with Crippen LogP contribution in [-0.2, 0) is 11.2 Å². The number of benzene rings is 1. The van der Waals surface area contributed by atoms with Crippen LogP contribution in [0.5, 0.6) is 0 Å². The number of thiophene rings is 1. The lowest BCUT2D eigenvalue weighted by Crippen LogP contribution is -2.49. The van der Waals surface area contributed by atoms with Crippen molar-refractivity contribution in [2.24, 2.45) is 5.73 Å². The fraction of sp³-hybridized carbons (Fsp3) is 0.400. The minimum absolute atomic E-state index is 0.00489. The third-order valence-electron chi connectivity index (χ3n) is 4.92. The summed E-state index contributed by atoms with van der Waals surface area (Å²) in [6, 6.07) is 11.3. The van der Waals surface area contributed by atoms with Crippen molar-refractivity contribution in [2.45, 2.75) is 31.8 Å². The summed E-state index contributed by atoms with van der Waals surface area (Å²) in [5.41, 5.74) is 7.73. The Kier molecular flexibility index (Phi) is 6.47. The van der Waals surface area contributed by atoms with Crippen LogP contribution in [0.4, 0.5) is 4.79 Å². The number of hydrogen-bond acceptors (Lipinski definition) is 4. The number of hydrogen-bond donors (Lipinski definition) is 3. The van der Waals surface area contributed by atoms with E-state index in [0.29, 0.717) is 6.54 Å². The molecule has 1 aromatic heterocycles. The van der Waals surface area contributed by atoms with E-state index in [4.69, 9.17) is 5.73 Å². The zero-order valence-electron chi connectivity index (χ0n) is 15.5. The lowest BCUT2D eigenvalue weighted by molar-refractivity contribution is -0.135. The number of carbonyl (C=O) groups is 2. The summed E-state index contributed by atoms with van der Waals surface area (Å²) in [5.74, 6) is 0.0215. The second kappa shape index (κ2) is 9.01. The molecule has 0 saturated carbocycles. The van der Waals surface area contributed by atoms with Crippen molar-refractivity contribution in [3.63, 3.8) is 0 Å². The molecule has 1 aliphatic rings. The summed E-state index contributed by atoms with van der Waals surface area (Å²) in [6.07, 6.45) is 1.19. The van der Waals surface area contributed by atoms with E-state index in [1.807, 2.05) is 22.4 Å². The number of amides is 3. The van der Waals surface area contributed by atoms with Gasteiger partial charge in [0.05, 0.1) is 18.5 Å². The third-order valence-corrected chi connectivity index (χ3v) is 5.90. The fourth-order valence-electron chi connectivity index (χ4n) is 3.45. The fourth-order valence-corrected chi connectivity index (χ4v) is 4.23. The molecule has 1 saturated heterocycles. The third kappa shape index (κ3) is 4.87. The summed E-state index contributed by atoms with van der Waals surface area (Å²) in [5, 5.41) is 8.02. The first-order valence-electron chi connectivity index (χ1n) is 9.27. The van der Waals surface area contributed by atoms with Crippen molar-refractivity contribution in [1.82, 2.24) is 15.5 Å². The van der Waals surface area contributed by atoms with Gasteiger partial charge in [-0.1, -0.05) is 37.3 Å². The summed E-state index contributed by atoms with van der Waals surface area (Å²) in [6.45, 7) is 4.27. The van der Waals surface area contributed by atoms with Crippen LogP contribution in [0.25, 0.3) is 0 Å². The lowest BCUT2D eigenvalue weighted by Gasteiger charge is -2.37. The van der Waals surface area contributed by atoms with E-state index < -0.39 is 12.1 Å². The van der Waals surface area contributed by atoms with Gasteiger partial charge >= 0.3 is 6.03 Å². The van der Waals surface area contributed by atoms with Gasteiger partial charge in [-0.15, -0.1) is 11.3 Å². The zero-order valence-corrected chi connectivity index (χ0v) is 16.3. The number of urea groups is 1. The number of carbonyl (C=O) groups excluding carboxylic acids is 2. The highest BCUT2D eigenvalue weighted by Gasteiger charge is 2.30. The van der Waals surface area contributed by atoms with Gasteiger partial charge in [-0.3, -0.25) is 4.79 Å². The van der Waals surface area contributed by atoms with Crippen molar-refractivity contribution >= 4 is 23.3 Å². The maximum absolute atomic E-state index is 13.1. The topological polar surface area (TPSA) is 87.5 Å². The molecule has 0 bridgehead atoms. The molecule has 1 aliphatic heterocycles. The van der Waals surface area contributed by atoms with E-state index in [1.54, 1.807) is 0 Å². The van der Waals surface area contributed by atoms with E-state index in [-0.39, 0.29) is 18.4 Å². The Hall–Kier alpha value is -2.38. The second-order valence-corrected chi connectivity index (χ2v) is 7.66. The Morgan fingerprint density at radius 1 is 1.33 bits per heavy atom. The van der Waals surface area contributed by atoms with Crippen molar-refractivity contribution in [3.8, 4) is 0 Å². The van der Waals surface area contributed by atoms with Crippen molar-refractivity contribution in [3.05, 3.63) is 57.8 Å². The average Bonchev–Trinajstić information content (AvgIpc) is 3.22. The SMILES string of the molecule is CCc1ccc(C2CNCCN2C(=O)CC(NC(N)=O)c2cccs2)cc1. The molecule has 7 heteroatoms. The van der Waals surface area contributed by atoms with Crippen LogP contribution in [0, 0.1) is 0 Å². The van der Waals surface area contributed by atoms with E-state index >= 15 is 0 Å². The minimum atomic E-state index is -0.617. The maximum atomic E-state index is 13.1. The molecule has 1 fully saturated rings. The van der Waals surface area contributed by atoms with E-state index in [2.05, 4.69) is 41.8 Å². The number of nitrogens with two attached hydrogens (primary N) is 1. The van der Waals surface area contributed by atoms with E-state index in [0.717, 1.165) is 30.0 Å². The molecule has 0 spiro atoms. The summed E-state index contributed by atoms with van der Waals surface area (Å²) in [7, 11) is 0. The van der Waals surface area contributed by atoms with Gasteiger partial charge in [0.2, 0.25) is 5.91 Å². The second-order valence-electron chi connectivity index (χ2n) is 6.68. The number of primary amides is 1. The number of piperazine rings is 1. The predicted octanol–water partition coefficient (Wildman–Crippen LogP) is 2.58. The summed E-state index contributed by atoms with van der Waals surface area (Å²) in [4.78, 5) is 27.3. The predicted molar refractivity (Wildman–Crippen MR) is 108 cm³/mol. The normalized spacial score (nSPS) is 18.1. The number of nitrogens with zero attached hydrogens (tertiary/aromatic N) is 1. The standard InChI is InChI=1S/C20H26N4O2S/c1-2-14-5-7-15(8-6-14)17-13-22-9-10-24(17)19(25)12-16(23-20(21)26)18-4-3-11-27-18/h3-8,11,16-17,22H,2,9-10,12-13H2,1H3,(H3,21,23,26). The van der Waals surface area contributed by atoms with Gasteiger partial charge < -0.3 is 21.3 Å². The van der Waals surface area contributed by atoms with Crippen LogP contribution in [0.1, 0.15) is 41.4 Å². The number of aryl methyl sites for hydroxylation is 1. The molecule has 27 heavy (non-hydrogen) atoms. The highest BCUT2D eigenvalue weighted by atomic mass is 32.1. The molecular formula is C20H26N4O2S. The average molecular weight is 387 g/mol. The largest absolute Gasteiger partial charge is 0.352 e. The maximum Gasteiger partial charge on any atom is 0.312 e. The first-order chi connectivity index (χ1) is 13.1. The highest BCUT2D eigenvalue weighted by molar-refractivity contribution is 7.10. The Bertz CT molecular complexity index is 761. The van der Waals surface area contributed by atoms with E-state index in [1.165, 1.54) is 16.9 Å². The zero-order chi connectivity index (χ0) is 19.2. The molecule has 144 valence electrons. The Labute approximate surface area is 163 Å². The van der Waals surface area contributed by atoms with Gasteiger partial charge in [0.1, 0.15) is 0 Å². The molecule has 1 aromatic carbocycles. The summed E-state index contributed by atoms with van der Waals surface area (Å²) >= 11 is 1.51. The highest BCUT2D eigenvalue weighted by Crippen LogP contribution is 2.27. The molecule has 3 amide bonds. The monoisotopic (exact) mass is 386 g/mol. The first-order valence-corrected chi connectivity index (χ1v) is 10.1. The molecule has 6 nitrogen and oxygen atoms in total. The molecule has 0 aliphatic carbocycles. The first kappa shape index (κ1) is 19.4. The molecule has 4 N–H and O–H groups in total. The molecular weight excluding hydrogens is 360 g/mol. The van der Waals surface area contributed by atoms with Gasteiger partial charge in [-0.2, -0.15) is 0 Å². The van der Waals surface area contributed by atoms with Gasteiger partial charge in [0.25, 0.3) is 0 Å². The van der Waals surface area contributed by atoms with Gasteiger partial charge in [0.15, 0.2) is 0 Å². The van der Waals surface area contributed by atoms with Crippen LogP contribution in [-0.4, -0.2) is 36.5 Å². The van der Waals surface area contributed by atoms with Crippen LogP contribution in [0.3, 0.4) is 0 Å². The number of nitrogens with one attached hydrogen (secondary N) is 2.